The first-order chi connectivity index (χ1) is 14.8. The highest BCUT2D eigenvalue weighted by atomic mass is 16.5. The Morgan fingerprint density at radius 3 is 1.90 bits per heavy atom. The van der Waals surface area contributed by atoms with Gasteiger partial charge in [0.25, 0.3) is 5.91 Å². The molecule has 6 nitrogen and oxygen atoms in total. The number of amides is 1. The average Bonchev–Trinajstić information content (AvgIpc) is 2.71. The Morgan fingerprint density at radius 1 is 0.806 bits per heavy atom. The number of esters is 2. The van der Waals surface area contributed by atoms with Crippen LogP contribution >= 0.6 is 0 Å². The Hall–Kier alpha value is -3.93. The van der Waals surface area contributed by atoms with E-state index in [0.29, 0.717) is 17.0 Å². The van der Waals surface area contributed by atoms with Gasteiger partial charge in [0, 0.05) is 12.6 Å². The number of anilines is 1. The first-order valence-corrected chi connectivity index (χ1v) is 9.74. The number of carbonyl (C=O) groups excluding carboxylic acids is 3. The van der Waals surface area contributed by atoms with Gasteiger partial charge in [-0.1, -0.05) is 30.3 Å². The third kappa shape index (κ3) is 6.27. The fourth-order valence-electron chi connectivity index (χ4n) is 3.14. The minimum atomic E-state index is -0.577. The molecule has 0 saturated carbocycles. The molecule has 1 amide bonds. The molecule has 31 heavy (non-hydrogen) atoms. The lowest BCUT2D eigenvalue weighted by molar-refractivity contribution is -0.131. The van der Waals surface area contributed by atoms with Crippen molar-refractivity contribution >= 4 is 23.5 Å². The monoisotopic (exact) mass is 417 g/mol. The Bertz CT molecular complexity index is 1080. The van der Waals surface area contributed by atoms with Gasteiger partial charge in [-0.05, 0) is 72.5 Å². The van der Waals surface area contributed by atoms with Crippen LogP contribution in [0.2, 0.25) is 0 Å². The van der Waals surface area contributed by atoms with Crippen LogP contribution in [0.25, 0.3) is 11.1 Å². The van der Waals surface area contributed by atoms with Gasteiger partial charge >= 0.3 is 11.9 Å². The predicted octanol–water partition coefficient (Wildman–Crippen LogP) is 4.69. The Kier molecular flexibility index (Phi) is 6.82. The molecular formula is C25H23NO5. The van der Waals surface area contributed by atoms with Gasteiger partial charge in [0.15, 0.2) is 6.61 Å². The van der Waals surface area contributed by atoms with E-state index < -0.39 is 11.9 Å². The summed E-state index contributed by atoms with van der Waals surface area (Å²) in [5, 5.41) is 2.73. The zero-order valence-electron chi connectivity index (χ0n) is 17.6. The number of hydrogen-bond acceptors (Lipinski definition) is 5. The van der Waals surface area contributed by atoms with Crippen molar-refractivity contribution in [1.29, 1.82) is 0 Å². The lowest BCUT2D eigenvalue weighted by Crippen LogP contribution is -2.21. The molecule has 0 spiro atoms. The van der Waals surface area contributed by atoms with Crippen molar-refractivity contribution in [2.45, 2.75) is 20.8 Å². The zero-order chi connectivity index (χ0) is 22.4. The molecule has 3 rings (SSSR count). The average molecular weight is 417 g/mol. The number of aryl methyl sites for hydroxylation is 2. The second kappa shape index (κ2) is 9.71. The van der Waals surface area contributed by atoms with E-state index in [1.807, 2.05) is 44.2 Å². The van der Waals surface area contributed by atoms with Crippen LogP contribution in [0, 0.1) is 13.8 Å². The van der Waals surface area contributed by atoms with Crippen molar-refractivity contribution in [2.24, 2.45) is 0 Å². The van der Waals surface area contributed by atoms with Crippen LogP contribution in [-0.2, 0) is 14.3 Å². The van der Waals surface area contributed by atoms with Crippen molar-refractivity contribution in [2.75, 3.05) is 11.9 Å². The van der Waals surface area contributed by atoms with Crippen LogP contribution in [0.15, 0.2) is 66.7 Å². The topological polar surface area (TPSA) is 81.7 Å². The van der Waals surface area contributed by atoms with Crippen LogP contribution in [-0.4, -0.2) is 24.5 Å². The zero-order valence-corrected chi connectivity index (χ0v) is 17.6. The molecule has 0 unspecified atom stereocenters. The molecule has 3 aromatic rings. The summed E-state index contributed by atoms with van der Waals surface area (Å²) < 4.78 is 10.1. The molecule has 6 heteroatoms. The fraction of sp³-hybridized carbons (Fsp3) is 0.160. The molecule has 0 saturated heterocycles. The third-order valence-electron chi connectivity index (χ3n) is 4.41. The molecule has 158 valence electrons. The number of nitrogens with one attached hydrogen (secondary N) is 1. The minimum Gasteiger partial charge on any atom is -0.452 e. The van der Waals surface area contributed by atoms with Gasteiger partial charge in [-0.2, -0.15) is 0 Å². The summed E-state index contributed by atoms with van der Waals surface area (Å²) in [7, 11) is 0. The second-order valence-electron chi connectivity index (χ2n) is 7.20. The van der Waals surface area contributed by atoms with E-state index in [4.69, 9.17) is 9.47 Å². The molecule has 0 aliphatic carbocycles. The molecule has 0 radical (unpaired) electrons. The number of rotatable bonds is 6. The van der Waals surface area contributed by atoms with Gasteiger partial charge in [-0.3, -0.25) is 9.59 Å². The Balaban J connectivity index is 1.56. The van der Waals surface area contributed by atoms with E-state index in [2.05, 4.69) is 5.32 Å². The summed E-state index contributed by atoms with van der Waals surface area (Å²) in [6.07, 6.45) is 0. The maximum atomic E-state index is 12.3. The normalized spacial score (nSPS) is 10.3. The standard InChI is InChI=1S/C25H23NO5/c1-16-12-17(2)14-22(13-16)26-24(28)15-30-25(29)21-6-4-19(5-7-21)20-8-10-23(11-9-20)31-18(3)27/h4-14H,15H2,1-3H3,(H,26,28). The molecule has 0 atom stereocenters. The molecule has 0 aliphatic rings. The number of benzene rings is 3. The van der Waals surface area contributed by atoms with Crippen molar-refractivity contribution < 1.29 is 23.9 Å². The number of ether oxygens (including phenoxy) is 2. The van der Waals surface area contributed by atoms with E-state index in [1.54, 1.807) is 36.4 Å². The van der Waals surface area contributed by atoms with Gasteiger partial charge in [-0.25, -0.2) is 4.79 Å². The van der Waals surface area contributed by atoms with E-state index >= 15 is 0 Å². The summed E-state index contributed by atoms with van der Waals surface area (Å²) in [6, 6.07) is 19.6. The summed E-state index contributed by atoms with van der Waals surface area (Å²) >= 11 is 0. The van der Waals surface area contributed by atoms with Crippen LogP contribution in [0.4, 0.5) is 5.69 Å². The highest BCUT2D eigenvalue weighted by molar-refractivity contribution is 5.95. The van der Waals surface area contributed by atoms with Crippen molar-refractivity contribution in [1.82, 2.24) is 0 Å². The van der Waals surface area contributed by atoms with Crippen molar-refractivity contribution in [3.8, 4) is 16.9 Å². The van der Waals surface area contributed by atoms with Crippen molar-refractivity contribution in [3.05, 3.63) is 83.4 Å². The van der Waals surface area contributed by atoms with Crippen LogP contribution in [0.1, 0.15) is 28.4 Å². The lowest BCUT2D eigenvalue weighted by Gasteiger charge is -2.09. The molecule has 0 aliphatic heterocycles. The van der Waals surface area contributed by atoms with Gasteiger partial charge in [-0.15, -0.1) is 0 Å². The van der Waals surface area contributed by atoms with Gasteiger partial charge in [0.1, 0.15) is 5.75 Å². The van der Waals surface area contributed by atoms with E-state index in [1.165, 1.54) is 6.92 Å². The molecular weight excluding hydrogens is 394 g/mol. The Morgan fingerprint density at radius 2 is 1.35 bits per heavy atom. The highest BCUT2D eigenvalue weighted by Gasteiger charge is 2.11. The van der Waals surface area contributed by atoms with Crippen LogP contribution in [0.3, 0.4) is 0 Å². The first kappa shape index (κ1) is 21.8. The highest BCUT2D eigenvalue weighted by Crippen LogP contribution is 2.23. The summed E-state index contributed by atoms with van der Waals surface area (Å²) in [5.74, 6) is -0.885. The van der Waals surface area contributed by atoms with Crippen LogP contribution in [0.5, 0.6) is 5.75 Å². The quantitative estimate of drug-likeness (QED) is 0.465. The minimum absolute atomic E-state index is 0.347. The van der Waals surface area contributed by atoms with Crippen molar-refractivity contribution in [3.63, 3.8) is 0 Å². The summed E-state index contributed by atoms with van der Waals surface area (Å²) in [5.41, 5.74) is 4.88. The number of carbonyl (C=O) groups is 3. The first-order valence-electron chi connectivity index (χ1n) is 9.74. The van der Waals surface area contributed by atoms with Gasteiger partial charge in [0.05, 0.1) is 5.56 Å². The van der Waals surface area contributed by atoms with Crippen LogP contribution < -0.4 is 10.1 Å². The molecule has 0 heterocycles. The predicted molar refractivity (Wildman–Crippen MR) is 118 cm³/mol. The largest absolute Gasteiger partial charge is 0.452 e. The molecule has 3 aromatic carbocycles. The maximum absolute atomic E-state index is 12.3. The smallest absolute Gasteiger partial charge is 0.338 e. The molecule has 1 N–H and O–H groups in total. The Labute approximate surface area is 180 Å². The summed E-state index contributed by atoms with van der Waals surface area (Å²) in [6.45, 7) is 4.87. The molecule has 0 bridgehead atoms. The van der Waals surface area contributed by atoms with Gasteiger partial charge < -0.3 is 14.8 Å². The summed E-state index contributed by atoms with van der Waals surface area (Å²) in [4.78, 5) is 35.3. The maximum Gasteiger partial charge on any atom is 0.338 e. The SMILES string of the molecule is CC(=O)Oc1ccc(-c2ccc(C(=O)OCC(=O)Nc3cc(C)cc(C)c3)cc2)cc1. The van der Waals surface area contributed by atoms with E-state index in [0.717, 1.165) is 22.3 Å². The van der Waals surface area contributed by atoms with Gasteiger partial charge in [0.2, 0.25) is 0 Å². The number of hydrogen-bond donors (Lipinski definition) is 1. The third-order valence-corrected chi connectivity index (χ3v) is 4.41. The lowest BCUT2D eigenvalue weighted by atomic mass is 10.0. The van der Waals surface area contributed by atoms with E-state index in [9.17, 15) is 14.4 Å². The second-order valence-corrected chi connectivity index (χ2v) is 7.20. The van der Waals surface area contributed by atoms with E-state index in [-0.39, 0.29) is 12.6 Å². The molecule has 0 aromatic heterocycles. The fourth-order valence-corrected chi connectivity index (χ4v) is 3.14. The molecule has 0 fully saturated rings.